The molecule has 0 aliphatic carbocycles. The fourth-order valence-corrected chi connectivity index (χ4v) is 3.09. The predicted molar refractivity (Wildman–Crippen MR) is 91.7 cm³/mol. The second-order valence-electron chi connectivity index (χ2n) is 6.33. The summed E-state index contributed by atoms with van der Waals surface area (Å²) in [5, 5.41) is 3.03. The Kier molecular flexibility index (Phi) is 5.08. The number of carbonyl (C=O) groups is 1. The zero-order chi connectivity index (χ0) is 16.9. The van der Waals surface area contributed by atoms with Crippen molar-refractivity contribution in [2.75, 3.05) is 24.5 Å². The van der Waals surface area contributed by atoms with Crippen molar-refractivity contribution in [2.45, 2.75) is 33.2 Å². The van der Waals surface area contributed by atoms with Crippen LogP contribution in [0.1, 0.15) is 24.2 Å². The number of rotatable bonds is 5. The molecule has 1 aliphatic heterocycles. The first-order chi connectivity index (χ1) is 11.6. The van der Waals surface area contributed by atoms with Crippen LogP contribution in [-0.4, -0.2) is 45.1 Å². The van der Waals surface area contributed by atoms with Crippen LogP contribution < -0.4 is 10.2 Å². The lowest BCUT2D eigenvalue weighted by Gasteiger charge is -2.32. The summed E-state index contributed by atoms with van der Waals surface area (Å²) in [5.74, 6) is 0.846. The molecule has 0 radical (unpaired) electrons. The Hall–Kier alpha value is -2.44. The molecule has 3 heterocycles. The van der Waals surface area contributed by atoms with Crippen LogP contribution in [0.3, 0.4) is 0 Å². The Labute approximate surface area is 142 Å². The van der Waals surface area contributed by atoms with Gasteiger partial charge in [-0.05, 0) is 32.8 Å². The molecule has 128 valence electrons. The van der Waals surface area contributed by atoms with Crippen LogP contribution in [0, 0.1) is 19.8 Å². The Balaban J connectivity index is 1.55. The van der Waals surface area contributed by atoms with Crippen LogP contribution >= 0.6 is 0 Å². The van der Waals surface area contributed by atoms with Crippen molar-refractivity contribution in [1.29, 1.82) is 0 Å². The number of aromatic nitrogens is 4. The molecule has 1 aliphatic rings. The van der Waals surface area contributed by atoms with Gasteiger partial charge in [-0.3, -0.25) is 4.79 Å². The quantitative estimate of drug-likeness (QED) is 0.896. The number of carbonyl (C=O) groups excluding carboxylic acids is 1. The van der Waals surface area contributed by atoms with Crippen LogP contribution in [0.5, 0.6) is 0 Å². The van der Waals surface area contributed by atoms with Gasteiger partial charge in [0.25, 0.3) is 0 Å². The van der Waals surface area contributed by atoms with Crippen LogP contribution in [-0.2, 0) is 11.3 Å². The van der Waals surface area contributed by atoms with Crippen molar-refractivity contribution in [3.8, 4) is 0 Å². The normalized spacial score (nSPS) is 17.8. The highest BCUT2D eigenvalue weighted by molar-refractivity contribution is 5.79. The summed E-state index contributed by atoms with van der Waals surface area (Å²) >= 11 is 0. The van der Waals surface area contributed by atoms with Crippen molar-refractivity contribution >= 4 is 11.9 Å². The third kappa shape index (κ3) is 4.10. The number of anilines is 1. The van der Waals surface area contributed by atoms with Gasteiger partial charge >= 0.3 is 0 Å². The number of piperidine rings is 1. The predicted octanol–water partition coefficient (Wildman–Crippen LogP) is 1.32. The molecule has 1 atom stereocenters. The number of imidazole rings is 1. The topological polar surface area (TPSA) is 75.9 Å². The van der Waals surface area contributed by atoms with E-state index >= 15 is 0 Å². The Morgan fingerprint density at radius 3 is 2.83 bits per heavy atom. The van der Waals surface area contributed by atoms with Crippen LogP contribution in [0.25, 0.3) is 0 Å². The maximum absolute atomic E-state index is 12.4. The summed E-state index contributed by atoms with van der Waals surface area (Å²) in [7, 11) is 0. The zero-order valence-corrected chi connectivity index (χ0v) is 14.3. The van der Waals surface area contributed by atoms with Gasteiger partial charge in [-0.1, -0.05) is 0 Å². The second kappa shape index (κ2) is 7.42. The summed E-state index contributed by atoms with van der Waals surface area (Å²) in [4.78, 5) is 27.6. The van der Waals surface area contributed by atoms with Gasteiger partial charge in [0.2, 0.25) is 11.9 Å². The van der Waals surface area contributed by atoms with Gasteiger partial charge in [-0.2, -0.15) is 0 Å². The highest BCUT2D eigenvalue weighted by Crippen LogP contribution is 2.21. The molecule has 3 rings (SSSR count). The molecule has 7 nitrogen and oxygen atoms in total. The third-order valence-electron chi connectivity index (χ3n) is 4.27. The van der Waals surface area contributed by atoms with Gasteiger partial charge < -0.3 is 14.8 Å². The van der Waals surface area contributed by atoms with E-state index in [0.717, 1.165) is 43.3 Å². The summed E-state index contributed by atoms with van der Waals surface area (Å²) < 4.78 is 1.96. The fraction of sp³-hybridized carbons (Fsp3) is 0.529. The minimum Gasteiger partial charge on any atom is -0.354 e. The van der Waals surface area contributed by atoms with Crippen molar-refractivity contribution in [1.82, 2.24) is 24.8 Å². The van der Waals surface area contributed by atoms with E-state index in [1.165, 1.54) is 0 Å². The number of hydrogen-bond acceptors (Lipinski definition) is 5. The third-order valence-corrected chi connectivity index (χ3v) is 4.27. The van der Waals surface area contributed by atoms with Gasteiger partial charge in [0.15, 0.2) is 0 Å². The Morgan fingerprint density at radius 2 is 2.12 bits per heavy atom. The molecule has 2 aromatic rings. The molecule has 0 spiro atoms. The molecule has 0 bridgehead atoms. The van der Waals surface area contributed by atoms with E-state index < -0.39 is 0 Å². The van der Waals surface area contributed by atoms with Gasteiger partial charge in [0.05, 0.1) is 12.2 Å². The average Bonchev–Trinajstić information content (AvgIpc) is 3.07. The summed E-state index contributed by atoms with van der Waals surface area (Å²) in [5.41, 5.74) is 1.92. The van der Waals surface area contributed by atoms with E-state index in [2.05, 4.69) is 25.2 Å². The standard InChI is InChI=1S/C17H24N6O/c1-13-10-14(2)21-17(20-13)23-7-3-4-15(11-23)16(24)19-6-9-22-8-5-18-12-22/h5,8,10,12,15H,3-4,6-7,9,11H2,1-2H3,(H,19,24)/t15-/m1/s1. The molecule has 1 N–H and O–H groups in total. The molecule has 7 heteroatoms. The van der Waals surface area contributed by atoms with Gasteiger partial charge in [0.1, 0.15) is 0 Å². The average molecular weight is 328 g/mol. The van der Waals surface area contributed by atoms with E-state index in [0.29, 0.717) is 13.1 Å². The Bertz CT molecular complexity index is 664. The minimum atomic E-state index is -0.00837. The molecule has 2 aromatic heterocycles. The molecule has 24 heavy (non-hydrogen) atoms. The summed E-state index contributed by atoms with van der Waals surface area (Å²) in [6, 6.07) is 1.97. The monoisotopic (exact) mass is 328 g/mol. The van der Waals surface area contributed by atoms with Crippen LogP contribution in [0.15, 0.2) is 24.8 Å². The molecule has 0 aromatic carbocycles. The molecule has 1 fully saturated rings. The van der Waals surface area contributed by atoms with E-state index in [-0.39, 0.29) is 11.8 Å². The number of amides is 1. The van der Waals surface area contributed by atoms with Gasteiger partial charge in [-0.15, -0.1) is 0 Å². The minimum absolute atomic E-state index is 0.00837. The lowest BCUT2D eigenvalue weighted by atomic mass is 9.97. The van der Waals surface area contributed by atoms with Gasteiger partial charge in [-0.25, -0.2) is 15.0 Å². The van der Waals surface area contributed by atoms with Crippen molar-refractivity contribution in [3.63, 3.8) is 0 Å². The van der Waals surface area contributed by atoms with E-state index in [9.17, 15) is 4.79 Å². The Morgan fingerprint density at radius 1 is 1.33 bits per heavy atom. The largest absolute Gasteiger partial charge is 0.354 e. The van der Waals surface area contributed by atoms with E-state index in [1.54, 1.807) is 12.5 Å². The molecule has 0 saturated carbocycles. The smallest absolute Gasteiger partial charge is 0.225 e. The zero-order valence-electron chi connectivity index (χ0n) is 14.3. The van der Waals surface area contributed by atoms with Gasteiger partial charge in [0, 0.05) is 50.0 Å². The molecular weight excluding hydrogens is 304 g/mol. The summed E-state index contributed by atoms with van der Waals surface area (Å²) in [6.45, 7) is 6.89. The number of nitrogens with zero attached hydrogens (tertiary/aromatic N) is 5. The molecule has 1 amide bonds. The first-order valence-corrected chi connectivity index (χ1v) is 8.42. The number of aryl methyl sites for hydroxylation is 2. The van der Waals surface area contributed by atoms with Crippen molar-refractivity contribution < 1.29 is 4.79 Å². The highest BCUT2D eigenvalue weighted by Gasteiger charge is 2.27. The lowest BCUT2D eigenvalue weighted by Crippen LogP contribution is -2.44. The van der Waals surface area contributed by atoms with Crippen molar-refractivity contribution in [3.05, 3.63) is 36.2 Å². The maximum atomic E-state index is 12.4. The first kappa shape index (κ1) is 16.4. The molecule has 0 unspecified atom stereocenters. The summed E-state index contributed by atoms with van der Waals surface area (Å²) in [6.07, 6.45) is 7.29. The maximum Gasteiger partial charge on any atom is 0.225 e. The van der Waals surface area contributed by atoms with E-state index in [1.807, 2.05) is 30.7 Å². The fourth-order valence-electron chi connectivity index (χ4n) is 3.09. The molecule has 1 saturated heterocycles. The first-order valence-electron chi connectivity index (χ1n) is 8.42. The number of hydrogen-bond donors (Lipinski definition) is 1. The van der Waals surface area contributed by atoms with Crippen molar-refractivity contribution in [2.24, 2.45) is 5.92 Å². The van der Waals surface area contributed by atoms with E-state index in [4.69, 9.17) is 0 Å². The van der Waals surface area contributed by atoms with Crippen LogP contribution in [0.4, 0.5) is 5.95 Å². The van der Waals surface area contributed by atoms with Crippen LogP contribution in [0.2, 0.25) is 0 Å². The lowest BCUT2D eigenvalue weighted by molar-refractivity contribution is -0.125. The highest BCUT2D eigenvalue weighted by atomic mass is 16.1. The SMILES string of the molecule is Cc1cc(C)nc(N2CCC[C@@H](C(=O)NCCn3ccnc3)C2)n1. The number of nitrogens with one attached hydrogen (secondary N) is 1. The molecular formula is C17H24N6O. The second-order valence-corrected chi connectivity index (χ2v) is 6.33.